The van der Waals surface area contributed by atoms with Crippen molar-refractivity contribution in [1.29, 1.82) is 0 Å². The van der Waals surface area contributed by atoms with E-state index in [9.17, 15) is 9.90 Å². The van der Waals surface area contributed by atoms with Crippen molar-refractivity contribution in [3.05, 3.63) is 60.4 Å². The largest absolute Gasteiger partial charge is 0.463 e. The molecule has 0 radical (unpaired) electrons. The molecule has 0 saturated carbocycles. The predicted octanol–water partition coefficient (Wildman–Crippen LogP) is 3.60. The summed E-state index contributed by atoms with van der Waals surface area (Å²) in [6.07, 6.45) is -1.18. The Kier molecular flexibility index (Phi) is 3.65. The van der Waals surface area contributed by atoms with E-state index in [1.807, 2.05) is 30.3 Å². The van der Waals surface area contributed by atoms with Crippen LogP contribution in [0.5, 0.6) is 5.75 Å². The van der Waals surface area contributed by atoms with Crippen LogP contribution in [0.15, 0.2) is 54.6 Å². The highest BCUT2D eigenvalue weighted by Crippen LogP contribution is 2.23. The third-order valence-electron chi connectivity index (χ3n) is 3.29. The number of hydrogen-bond acceptors (Lipinski definition) is 3. The Labute approximate surface area is 126 Å². The lowest BCUT2D eigenvalue weighted by Crippen LogP contribution is -2.35. The van der Waals surface area contributed by atoms with Crippen LogP contribution in [0.3, 0.4) is 0 Å². The van der Waals surface area contributed by atoms with Gasteiger partial charge in [-0.25, -0.2) is 9.78 Å². The number of carbonyl (C=O) groups is 1. The normalized spacial score (nSPS) is 12.0. The topological polar surface area (TPSA) is 78.5 Å². The molecule has 0 fully saturated rings. The van der Waals surface area contributed by atoms with Crippen LogP contribution in [0.25, 0.3) is 11.0 Å². The van der Waals surface area contributed by atoms with Crippen LogP contribution in [0.1, 0.15) is 18.8 Å². The van der Waals surface area contributed by atoms with Gasteiger partial charge in [0.2, 0.25) is 0 Å². The number of hydroxylamine groups is 2. The Hall–Kier alpha value is -3.02. The van der Waals surface area contributed by atoms with Gasteiger partial charge in [0.15, 0.2) is 5.75 Å². The third kappa shape index (κ3) is 2.71. The second kappa shape index (κ2) is 5.77. The molecular weight excluding hydrogens is 282 g/mol. The van der Waals surface area contributed by atoms with Crippen LogP contribution in [-0.2, 0) is 0 Å². The number of nitrogens with zero attached hydrogens (tertiary/aromatic N) is 2. The molecule has 22 heavy (non-hydrogen) atoms. The van der Waals surface area contributed by atoms with E-state index in [4.69, 9.17) is 4.84 Å². The molecule has 3 rings (SSSR count). The zero-order valence-corrected chi connectivity index (χ0v) is 11.9. The average molecular weight is 297 g/mol. The number of fused-ring (bicyclic) bond motifs is 1. The average Bonchev–Trinajstić information content (AvgIpc) is 2.97. The van der Waals surface area contributed by atoms with Crippen LogP contribution < -0.4 is 4.84 Å². The van der Waals surface area contributed by atoms with Crippen molar-refractivity contribution >= 4 is 17.1 Å². The summed E-state index contributed by atoms with van der Waals surface area (Å²) in [4.78, 5) is 24.5. The maximum absolute atomic E-state index is 11.5. The molecule has 0 aliphatic rings. The molecule has 0 spiro atoms. The van der Waals surface area contributed by atoms with Crippen molar-refractivity contribution in [2.75, 3.05) is 0 Å². The first kappa shape index (κ1) is 13.9. The van der Waals surface area contributed by atoms with Crippen molar-refractivity contribution in [2.45, 2.75) is 13.0 Å². The van der Waals surface area contributed by atoms with Crippen LogP contribution in [0, 0.1) is 0 Å². The summed E-state index contributed by atoms with van der Waals surface area (Å²) in [5.41, 5.74) is 1.64. The van der Waals surface area contributed by atoms with Gasteiger partial charge in [0.05, 0.1) is 11.0 Å². The van der Waals surface area contributed by atoms with E-state index >= 15 is 0 Å². The number of carboxylic acid groups (broad SMARTS) is 1. The zero-order chi connectivity index (χ0) is 15.5. The number of benzene rings is 2. The van der Waals surface area contributed by atoms with E-state index in [1.54, 1.807) is 31.2 Å². The van der Waals surface area contributed by atoms with Crippen molar-refractivity contribution < 1.29 is 14.7 Å². The lowest BCUT2D eigenvalue weighted by molar-refractivity contribution is -0.0670. The fourth-order valence-electron chi connectivity index (χ4n) is 2.16. The number of aromatic nitrogens is 2. The molecule has 0 saturated heterocycles. The van der Waals surface area contributed by atoms with Gasteiger partial charge in [-0.15, -0.1) is 5.06 Å². The number of amides is 1. The standard InChI is InChI=1S/C16H15N3O3/c1-11(15-17-13-9-5-6-10-14(13)18-15)19(16(20)21)22-12-7-3-2-4-8-12/h2-11H,1H3,(H,17,18)(H,20,21). The van der Waals surface area contributed by atoms with E-state index in [0.717, 1.165) is 16.1 Å². The highest BCUT2D eigenvalue weighted by Gasteiger charge is 2.26. The van der Waals surface area contributed by atoms with Crippen molar-refractivity contribution in [2.24, 2.45) is 0 Å². The molecule has 1 atom stereocenters. The van der Waals surface area contributed by atoms with E-state index in [0.29, 0.717) is 11.6 Å². The maximum atomic E-state index is 11.5. The number of imidazole rings is 1. The Morgan fingerprint density at radius 2 is 1.86 bits per heavy atom. The van der Waals surface area contributed by atoms with Gasteiger partial charge < -0.3 is 14.9 Å². The van der Waals surface area contributed by atoms with Crippen molar-refractivity contribution in [1.82, 2.24) is 15.0 Å². The molecule has 0 bridgehead atoms. The van der Waals surface area contributed by atoms with Crippen molar-refractivity contribution in [3.8, 4) is 5.75 Å². The molecule has 1 aromatic heterocycles. The van der Waals surface area contributed by atoms with E-state index in [2.05, 4.69) is 9.97 Å². The van der Waals surface area contributed by atoms with Crippen LogP contribution >= 0.6 is 0 Å². The summed E-state index contributed by atoms with van der Waals surface area (Å²) in [5, 5.41) is 10.3. The van der Waals surface area contributed by atoms with Crippen molar-refractivity contribution in [3.63, 3.8) is 0 Å². The number of aromatic amines is 1. The fraction of sp³-hybridized carbons (Fsp3) is 0.125. The Morgan fingerprint density at radius 1 is 1.18 bits per heavy atom. The Morgan fingerprint density at radius 3 is 2.55 bits per heavy atom. The van der Waals surface area contributed by atoms with Gasteiger partial charge >= 0.3 is 6.09 Å². The lowest BCUT2D eigenvalue weighted by Gasteiger charge is -2.24. The number of para-hydroxylation sites is 3. The van der Waals surface area contributed by atoms with Gasteiger partial charge in [0, 0.05) is 0 Å². The number of hydrogen-bond donors (Lipinski definition) is 2. The summed E-state index contributed by atoms with van der Waals surface area (Å²) >= 11 is 0. The summed E-state index contributed by atoms with van der Waals surface area (Å²) in [5.74, 6) is 0.979. The minimum Gasteiger partial charge on any atom is -0.463 e. The monoisotopic (exact) mass is 297 g/mol. The first-order chi connectivity index (χ1) is 10.6. The minimum atomic E-state index is -1.18. The smallest absolute Gasteiger partial charge is 0.441 e. The summed E-state index contributed by atoms with van der Waals surface area (Å²) in [7, 11) is 0. The molecule has 6 nitrogen and oxygen atoms in total. The molecule has 3 aromatic rings. The predicted molar refractivity (Wildman–Crippen MR) is 81.4 cm³/mol. The Bertz CT molecular complexity index is 752. The van der Waals surface area contributed by atoms with Gasteiger partial charge in [-0.2, -0.15) is 0 Å². The maximum Gasteiger partial charge on any atom is 0.441 e. The summed E-state index contributed by atoms with van der Waals surface area (Å²) in [6.45, 7) is 1.72. The molecule has 6 heteroatoms. The molecule has 112 valence electrons. The summed E-state index contributed by atoms with van der Waals surface area (Å²) in [6, 6.07) is 15.7. The number of rotatable bonds is 4. The molecule has 1 amide bonds. The Balaban J connectivity index is 1.89. The quantitative estimate of drug-likeness (QED) is 0.721. The van der Waals surface area contributed by atoms with Gasteiger partial charge in [-0.05, 0) is 31.2 Å². The van der Waals surface area contributed by atoms with Gasteiger partial charge in [-0.3, -0.25) is 0 Å². The van der Waals surface area contributed by atoms with Gasteiger partial charge in [0.25, 0.3) is 0 Å². The van der Waals surface area contributed by atoms with Crippen LogP contribution in [0.4, 0.5) is 4.79 Å². The molecule has 2 aromatic carbocycles. The second-order valence-electron chi connectivity index (χ2n) is 4.83. The molecule has 0 aliphatic carbocycles. The fourth-order valence-corrected chi connectivity index (χ4v) is 2.16. The van der Waals surface area contributed by atoms with E-state index < -0.39 is 12.1 Å². The first-order valence-electron chi connectivity index (χ1n) is 6.85. The molecule has 0 aliphatic heterocycles. The van der Waals surface area contributed by atoms with E-state index in [-0.39, 0.29) is 0 Å². The molecular formula is C16H15N3O3. The van der Waals surface area contributed by atoms with Gasteiger partial charge in [0.1, 0.15) is 11.9 Å². The number of nitrogens with one attached hydrogen (secondary N) is 1. The molecule has 2 N–H and O–H groups in total. The third-order valence-corrected chi connectivity index (χ3v) is 3.29. The zero-order valence-electron chi connectivity index (χ0n) is 11.9. The SMILES string of the molecule is CC(c1nc2ccccc2[nH]1)N(Oc1ccccc1)C(=O)O. The molecule has 1 heterocycles. The summed E-state index contributed by atoms with van der Waals surface area (Å²) < 4.78 is 0. The van der Waals surface area contributed by atoms with Crippen LogP contribution in [-0.4, -0.2) is 26.2 Å². The second-order valence-corrected chi connectivity index (χ2v) is 4.83. The minimum absolute atomic E-state index is 0.452. The number of H-pyrrole nitrogens is 1. The molecule has 1 unspecified atom stereocenters. The highest BCUT2D eigenvalue weighted by atomic mass is 16.7. The first-order valence-corrected chi connectivity index (χ1v) is 6.85. The highest BCUT2D eigenvalue weighted by molar-refractivity contribution is 5.75. The lowest BCUT2D eigenvalue weighted by atomic mass is 10.3. The van der Waals surface area contributed by atoms with Crippen LogP contribution in [0.2, 0.25) is 0 Å². The van der Waals surface area contributed by atoms with E-state index in [1.165, 1.54) is 0 Å². The van der Waals surface area contributed by atoms with Gasteiger partial charge in [-0.1, -0.05) is 30.3 Å².